The highest BCUT2D eigenvalue weighted by atomic mass is 35.5. The molecule has 88 valence electrons. The molecule has 1 aromatic rings. The molecule has 0 aromatic heterocycles. The molecule has 0 bridgehead atoms. The summed E-state index contributed by atoms with van der Waals surface area (Å²) in [6.07, 6.45) is 2.67. The van der Waals surface area contributed by atoms with E-state index in [0.29, 0.717) is 0 Å². The molecule has 1 fully saturated rings. The molecule has 0 atom stereocenters. The molecule has 1 aliphatic rings. The van der Waals surface area contributed by atoms with E-state index in [9.17, 15) is 0 Å². The highest BCUT2D eigenvalue weighted by Crippen LogP contribution is 2.19. The van der Waals surface area contributed by atoms with Gasteiger partial charge in [0.05, 0.1) is 0 Å². The zero-order valence-corrected chi connectivity index (χ0v) is 10.5. The molecule has 1 saturated heterocycles. The van der Waals surface area contributed by atoms with Crippen molar-refractivity contribution < 1.29 is 0 Å². The van der Waals surface area contributed by atoms with Gasteiger partial charge in [-0.3, -0.25) is 9.74 Å². The Morgan fingerprint density at radius 2 is 1.88 bits per heavy atom. The monoisotopic (exact) mass is 238 g/mol. The summed E-state index contributed by atoms with van der Waals surface area (Å²) in [6, 6.07) is 8.33. The molecule has 0 spiro atoms. The maximum Gasteiger partial charge on any atom is 0.0491 e. The quantitative estimate of drug-likeness (QED) is 0.812. The molecule has 1 aromatic carbocycles. The van der Waals surface area contributed by atoms with Crippen LogP contribution in [0.4, 0.5) is 5.69 Å². The maximum atomic E-state index is 5.53. The zero-order chi connectivity index (χ0) is 11.4. The van der Waals surface area contributed by atoms with Crippen molar-refractivity contribution in [3.63, 3.8) is 0 Å². The van der Waals surface area contributed by atoms with Crippen molar-refractivity contribution in [2.75, 3.05) is 17.9 Å². The fourth-order valence-corrected chi connectivity index (χ4v) is 2.28. The number of rotatable bonds is 3. The number of halogens is 1. The molecule has 0 amide bonds. The fourth-order valence-electron chi connectivity index (χ4n) is 2.15. The standard InChI is InChI=1S/C13H19ClN2/c1-11-6-8-16(9-7-11)10-12-2-4-13(15-14)5-3-12/h2-5,11,15H,6-10H2,1H3. The highest BCUT2D eigenvalue weighted by molar-refractivity contribution is 6.23. The molecule has 2 nitrogen and oxygen atoms in total. The summed E-state index contributed by atoms with van der Waals surface area (Å²) in [4.78, 5) is 5.15. The maximum absolute atomic E-state index is 5.53. The van der Waals surface area contributed by atoms with Gasteiger partial charge in [-0.2, -0.15) is 0 Å². The first-order chi connectivity index (χ1) is 7.78. The second-order valence-electron chi connectivity index (χ2n) is 4.75. The van der Waals surface area contributed by atoms with E-state index >= 15 is 0 Å². The Hall–Kier alpha value is -0.730. The van der Waals surface area contributed by atoms with Crippen molar-refractivity contribution in [2.24, 2.45) is 5.92 Å². The Bertz CT molecular complexity index is 315. The van der Waals surface area contributed by atoms with E-state index in [1.165, 1.54) is 31.5 Å². The molecule has 3 heteroatoms. The number of nitrogens with one attached hydrogen (secondary N) is 1. The molecule has 0 unspecified atom stereocenters. The van der Waals surface area contributed by atoms with Crippen LogP contribution < -0.4 is 4.84 Å². The molecule has 0 radical (unpaired) electrons. The van der Waals surface area contributed by atoms with Crippen molar-refractivity contribution in [1.29, 1.82) is 0 Å². The molecule has 1 aliphatic heterocycles. The number of hydrogen-bond acceptors (Lipinski definition) is 2. The van der Waals surface area contributed by atoms with Gasteiger partial charge >= 0.3 is 0 Å². The number of anilines is 1. The third-order valence-electron chi connectivity index (χ3n) is 3.35. The number of hydrogen-bond donors (Lipinski definition) is 1. The SMILES string of the molecule is CC1CCN(Cc2ccc(NCl)cc2)CC1. The van der Waals surface area contributed by atoms with Crippen LogP contribution in [0.25, 0.3) is 0 Å². The first-order valence-electron chi connectivity index (χ1n) is 5.96. The topological polar surface area (TPSA) is 15.3 Å². The zero-order valence-electron chi connectivity index (χ0n) is 9.75. The van der Waals surface area contributed by atoms with Crippen LogP contribution in [0, 0.1) is 5.92 Å². The van der Waals surface area contributed by atoms with Crippen molar-refractivity contribution >= 4 is 17.5 Å². The summed E-state index contributed by atoms with van der Waals surface area (Å²) in [5, 5.41) is 0. The van der Waals surface area contributed by atoms with Gasteiger partial charge in [-0.05, 0) is 49.5 Å². The predicted molar refractivity (Wildman–Crippen MR) is 69.6 cm³/mol. The molecule has 1 N–H and O–H groups in total. The summed E-state index contributed by atoms with van der Waals surface area (Å²) in [7, 11) is 0. The minimum Gasteiger partial charge on any atom is -0.299 e. The molecule has 1 heterocycles. The minimum atomic E-state index is 0.902. The smallest absolute Gasteiger partial charge is 0.0491 e. The Balaban J connectivity index is 1.88. The largest absolute Gasteiger partial charge is 0.299 e. The van der Waals surface area contributed by atoms with Crippen LogP contribution in [0.1, 0.15) is 25.3 Å². The van der Waals surface area contributed by atoms with Crippen molar-refractivity contribution in [2.45, 2.75) is 26.3 Å². The van der Waals surface area contributed by atoms with Gasteiger partial charge < -0.3 is 0 Å². The summed E-state index contributed by atoms with van der Waals surface area (Å²) in [5.74, 6) is 0.902. The van der Waals surface area contributed by atoms with E-state index in [2.05, 4.69) is 28.8 Å². The number of likely N-dealkylation sites (tertiary alicyclic amines) is 1. The number of benzene rings is 1. The van der Waals surface area contributed by atoms with E-state index in [4.69, 9.17) is 11.8 Å². The van der Waals surface area contributed by atoms with Crippen LogP contribution in [0.3, 0.4) is 0 Å². The van der Waals surface area contributed by atoms with E-state index in [1.54, 1.807) is 0 Å². The number of piperidine rings is 1. The summed E-state index contributed by atoms with van der Waals surface area (Å²) >= 11 is 5.53. The highest BCUT2D eigenvalue weighted by Gasteiger charge is 2.15. The van der Waals surface area contributed by atoms with Gasteiger partial charge in [-0.1, -0.05) is 19.1 Å². The molecule has 16 heavy (non-hydrogen) atoms. The lowest BCUT2D eigenvalue weighted by molar-refractivity contribution is 0.185. The fraction of sp³-hybridized carbons (Fsp3) is 0.538. The second kappa shape index (κ2) is 5.55. The van der Waals surface area contributed by atoms with Crippen LogP contribution in [-0.4, -0.2) is 18.0 Å². The first kappa shape index (κ1) is 11.7. The summed E-state index contributed by atoms with van der Waals surface area (Å²) in [5.41, 5.74) is 2.32. The molecule has 2 rings (SSSR count). The Labute approximate surface area is 103 Å². The van der Waals surface area contributed by atoms with Gasteiger partial charge in [0.1, 0.15) is 0 Å². The van der Waals surface area contributed by atoms with Crippen LogP contribution in [0.2, 0.25) is 0 Å². The first-order valence-corrected chi connectivity index (χ1v) is 6.33. The van der Waals surface area contributed by atoms with E-state index in [0.717, 1.165) is 18.2 Å². The molecule has 0 saturated carbocycles. The lowest BCUT2D eigenvalue weighted by Gasteiger charge is -2.30. The minimum absolute atomic E-state index is 0.902. The van der Waals surface area contributed by atoms with Crippen molar-refractivity contribution in [3.8, 4) is 0 Å². The van der Waals surface area contributed by atoms with Crippen LogP contribution in [-0.2, 0) is 6.54 Å². The van der Waals surface area contributed by atoms with Crippen LogP contribution in [0.15, 0.2) is 24.3 Å². The van der Waals surface area contributed by atoms with E-state index in [1.807, 2.05) is 12.1 Å². The normalized spacial score (nSPS) is 18.6. The summed E-state index contributed by atoms with van der Waals surface area (Å²) in [6.45, 7) is 5.88. The Morgan fingerprint density at radius 1 is 1.25 bits per heavy atom. The molecule has 0 aliphatic carbocycles. The lowest BCUT2D eigenvalue weighted by Crippen LogP contribution is -2.32. The van der Waals surface area contributed by atoms with Crippen molar-refractivity contribution in [3.05, 3.63) is 29.8 Å². The van der Waals surface area contributed by atoms with Crippen molar-refractivity contribution in [1.82, 2.24) is 4.90 Å². The van der Waals surface area contributed by atoms with Gasteiger partial charge in [0, 0.05) is 24.0 Å². The third-order valence-corrected chi connectivity index (χ3v) is 3.56. The summed E-state index contributed by atoms with van der Waals surface area (Å²) < 4.78 is 0. The van der Waals surface area contributed by atoms with Crippen LogP contribution in [0.5, 0.6) is 0 Å². The average Bonchev–Trinajstić information content (AvgIpc) is 2.33. The van der Waals surface area contributed by atoms with E-state index in [-0.39, 0.29) is 0 Å². The van der Waals surface area contributed by atoms with Gasteiger partial charge in [0.25, 0.3) is 0 Å². The van der Waals surface area contributed by atoms with Gasteiger partial charge in [-0.25, -0.2) is 0 Å². The lowest BCUT2D eigenvalue weighted by atomic mass is 9.99. The predicted octanol–water partition coefficient (Wildman–Crippen LogP) is 3.48. The van der Waals surface area contributed by atoms with Crippen LogP contribution >= 0.6 is 11.8 Å². The molecular weight excluding hydrogens is 220 g/mol. The molecular formula is C13H19ClN2. The number of nitrogens with zero attached hydrogens (tertiary/aromatic N) is 1. The third kappa shape index (κ3) is 3.13. The second-order valence-corrected chi connectivity index (χ2v) is 4.94. The van der Waals surface area contributed by atoms with Gasteiger partial charge in [0.2, 0.25) is 0 Å². The van der Waals surface area contributed by atoms with E-state index < -0.39 is 0 Å². The Kier molecular flexibility index (Phi) is 4.08. The Morgan fingerprint density at radius 3 is 2.44 bits per heavy atom. The average molecular weight is 239 g/mol. The van der Waals surface area contributed by atoms with Gasteiger partial charge in [0.15, 0.2) is 0 Å². The van der Waals surface area contributed by atoms with Gasteiger partial charge in [-0.15, -0.1) is 0 Å².